The van der Waals surface area contributed by atoms with E-state index in [4.69, 9.17) is 5.11 Å². The van der Waals surface area contributed by atoms with Gasteiger partial charge >= 0.3 is 5.97 Å². The molecule has 0 radical (unpaired) electrons. The Morgan fingerprint density at radius 1 is 1.67 bits per heavy atom. The summed E-state index contributed by atoms with van der Waals surface area (Å²) in [5.74, 6) is 0.0538. The summed E-state index contributed by atoms with van der Waals surface area (Å²) in [5, 5.41) is 8.86. The van der Waals surface area contributed by atoms with Crippen LogP contribution < -0.4 is 0 Å². The summed E-state index contributed by atoms with van der Waals surface area (Å²) < 4.78 is 1.80. The minimum Gasteiger partial charge on any atom is -0.477 e. The van der Waals surface area contributed by atoms with E-state index in [0.717, 1.165) is 25.2 Å². The molecule has 1 aromatic heterocycles. The molecule has 64 valence electrons. The molecule has 2 heterocycles. The van der Waals surface area contributed by atoms with Crippen molar-refractivity contribution in [3.05, 3.63) is 17.2 Å². The third-order valence-corrected chi connectivity index (χ3v) is 2.21. The molecule has 12 heavy (non-hydrogen) atoms. The van der Waals surface area contributed by atoms with E-state index in [1.165, 1.54) is 0 Å². The SMILES string of the molecule is Cc1nc2n(c1C(=O)O)CCC2. The van der Waals surface area contributed by atoms with Gasteiger partial charge in [0.15, 0.2) is 0 Å². The number of fused-ring (bicyclic) bond motifs is 1. The number of aryl methyl sites for hydroxylation is 2. The number of nitrogens with zero attached hydrogens (tertiary/aromatic N) is 2. The lowest BCUT2D eigenvalue weighted by molar-refractivity contribution is 0.0684. The first-order valence-electron chi connectivity index (χ1n) is 3.99. The van der Waals surface area contributed by atoms with Crippen molar-refractivity contribution in [2.24, 2.45) is 0 Å². The van der Waals surface area contributed by atoms with Crippen LogP contribution in [-0.4, -0.2) is 20.6 Å². The van der Waals surface area contributed by atoms with Crippen molar-refractivity contribution < 1.29 is 9.90 Å². The quantitative estimate of drug-likeness (QED) is 0.672. The summed E-state index contributed by atoms with van der Waals surface area (Å²) in [6.45, 7) is 2.55. The molecule has 2 rings (SSSR count). The van der Waals surface area contributed by atoms with Crippen LogP contribution in [0.25, 0.3) is 0 Å². The molecule has 0 saturated carbocycles. The maximum atomic E-state index is 10.8. The van der Waals surface area contributed by atoms with Crippen LogP contribution >= 0.6 is 0 Å². The van der Waals surface area contributed by atoms with E-state index in [0.29, 0.717) is 11.4 Å². The van der Waals surface area contributed by atoms with Gasteiger partial charge in [-0.1, -0.05) is 0 Å². The molecule has 0 fully saturated rings. The van der Waals surface area contributed by atoms with Crippen molar-refractivity contribution in [1.82, 2.24) is 9.55 Å². The van der Waals surface area contributed by atoms with Crippen LogP contribution in [0.5, 0.6) is 0 Å². The number of imidazole rings is 1. The number of rotatable bonds is 1. The van der Waals surface area contributed by atoms with Crippen LogP contribution in [-0.2, 0) is 13.0 Å². The van der Waals surface area contributed by atoms with Crippen LogP contribution in [0.15, 0.2) is 0 Å². The number of hydrogen-bond acceptors (Lipinski definition) is 2. The third-order valence-electron chi connectivity index (χ3n) is 2.21. The fourth-order valence-corrected chi connectivity index (χ4v) is 1.73. The number of hydrogen-bond donors (Lipinski definition) is 1. The van der Waals surface area contributed by atoms with Gasteiger partial charge in [0.25, 0.3) is 0 Å². The number of aromatic nitrogens is 2. The molecule has 1 N–H and O–H groups in total. The summed E-state index contributed by atoms with van der Waals surface area (Å²) in [5.41, 5.74) is 1.000. The van der Waals surface area contributed by atoms with Crippen LogP contribution in [0.2, 0.25) is 0 Å². The molecule has 0 aromatic carbocycles. The summed E-state index contributed by atoms with van der Waals surface area (Å²) in [4.78, 5) is 15.0. The van der Waals surface area contributed by atoms with Gasteiger partial charge in [-0.05, 0) is 13.3 Å². The molecule has 1 aliphatic heterocycles. The monoisotopic (exact) mass is 166 g/mol. The Bertz CT molecular complexity index is 341. The zero-order valence-electron chi connectivity index (χ0n) is 6.87. The molecular formula is C8H10N2O2. The largest absolute Gasteiger partial charge is 0.477 e. The maximum Gasteiger partial charge on any atom is 0.354 e. The van der Waals surface area contributed by atoms with Crippen molar-refractivity contribution in [1.29, 1.82) is 0 Å². The highest BCUT2D eigenvalue weighted by molar-refractivity contribution is 5.87. The molecule has 0 saturated heterocycles. The van der Waals surface area contributed by atoms with E-state index in [1.54, 1.807) is 11.5 Å². The zero-order chi connectivity index (χ0) is 8.72. The molecule has 0 amide bonds. The number of aromatic carboxylic acids is 1. The van der Waals surface area contributed by atoms with Gasteiger partial charge in [-0.2, -0.15) is 0 Å². The maximum absolute atomic E-state index is 10.8. The first kappa shape index (κ1) is 7.34. The van der Waals surface area contributed by atoms with Crippen LogP contribution in [0, 0.1) is 6.92 Å². The fraction of sp³-hybridized carbons (Fsp3) is 0.500. The van der Waals surface area contributed by atoms with Gasteiger partial charge in [0.2, 0.25) is 0 Å². The highest BCUT2D eigenvalue weighted by Gasteiger charge is 2.22. The average Bonchev–Trinajstić information content (AvgIpc) is 2.44. The van der Waals surface area contributed by atoms with Crippen molar-refractivity contribution in [2.45, 2.75) is 26.3 Å². The molecule has 0 spiro atoms. The highest BCUT2D eigenvalue weighted by atomic mass is 16.4. The van der Waals surface area contributed by atoms with E-state index in [2.05, 4.69) is 4.98 Å². The Balaban J connectivity index is 2.59. The molecule has 0 unspecified atom stereocenters. The average molecular weight is 166 g/mol. The van der Waals surface area contributed by atoms with Gasteiger partial charge in [0.1, 0.15) is 11.5 Å². The number of carboxylic acid groups (broad SMARTS) is 1. The van der Waals surface area contributed by atoms with Gasteiger partial charge in [-0.15, -0.1) is 0 Å². The third kappa shape index (κ3) is 0.841. The molecule has 4 heteroatoms. The molecule has 0 aliphatic carbocycles. The topological polar surface area (TPSA) is 55.1 Å². The van der Waals surface area contributed by atoms with Crippen molar-refractivity contribution >= 4 is 5.97 Å². The molecule has 4 nitrogen and oxygen atoms in total. The first-order valence-corrected chi connectivity index (χ1v) is 3.99. The number of carbonyl (C=O) groups is 1. The highest BCUT2D eigenvalue weighted by Crippen LogP contribution is 2.19. The van der Waals surface area contributed by atoms with Gasteiger partial charge in [-0.3, -0.25) is 0 Å². The van der Waals surface area contributed by atoms with E-state index >= 15 is 0 Å². The summed E-state index contributed by atoms with van der Waals surface area (Å²) in [6.07, 6.45) is 1.93. The number of carboxylic acids is 1. The normalized spacial score (nSPS) is 14.8. The standard InChI is InChI=1S/C8H10N2O2/c1-5-7(8(11)12)10-4-2-3-6(10)9-5/h2-4H2,1H3,(H,11,12). The predicted molar refractivity (Wildman–Crippen MR) is 42.2 cm³/mol. The van der Waals surface area contributed by atoms with Crippen LogP contribution in [0.3, 0.4) is 0 Å². The second kappa shape index (κ2) is 2.33. The Labute approximate surface area is 69.8 Å². The lowest BCUT2D eigenvalue weighted by Gasteiger charge is -1.98. The molecule has 0 bridgehead atoms. The van der Waals surface area contributed by atoms with Gasteiger partial charge in [0.05, 0.1) is 5.69 Å². The van der Waals surface area contributed by atoms with Crippen molar-refractivity contribution in [2.75, 3.05) is 0 Å². The fourth-order valence-electron chi connectivity index (χ4n) is 1.73. The van der Waals surface area contributed by atoms with Gasteiger partial charge in [-0.25, -0.2) is 9.78 Å². The Morgan fingerprint density at radius 2 is 2.42 bits per heavy atom. The Hall–Kier alpha value is -1.32. The summed E-state index contributed by atoms with van der Waals surface area (Å²) in [7, 11) is 0. The predicted octanol–water partition coefficient (Wildman–Crippen LogP) is 0.836. The van der Waals surface area contributed by atoms with E-state index in [-0.39, 0.29) is 0 Å². The van der Waals surface area contributed by atoms with Gasteiger partial charge < -0.3 is 9.67 Å². The van der Waals surface area contributed by atoms with E-state index in [9.17, 15) is 4.79 Å². The second-order valence-electron chi connectivity index (χ2n) is 3.02. The van der Waals surface area contributed by atoms with Crippen molar-refractivity contribution in [3.8, 4) is 0 Å². The lowest BCUT2D eigenvalue weighted by Crippen LogP contribution is -2.07. The summed E-state index contributed by atoms with van der Waals surface area (Å²) >= 11 is 0. The minimum absolute atomic E-state index is 0.363. The van der Waals surface area contributed by atoms with Gasteiger partial charge in [0, 0.05) is 13.0 Å². The molecule has 0 atom stereocenters. The molecule has 1 aromatic rings. The van der Waals surface area contributed by atoms with E-state index in [1.807, 2.05) is 0 Å². The van der Waals surface area contributed by atoms with E-state index < -0.39 is 5.97 Å². The lowest BCUT2D eigenvalue weighted by atomic mass is 10.3. The molecule has 1 aliphatic rings. The minimum atomic E-state index is -0.867. The smallest absolute Gasteiger partial charge is 0.354 e. The van der Waals surface area contributed by atoms with Crippen LogP contribution in [0.4, 0.5) is 0 Å². The van der Waals surface area contributed by atoms with Crippen LogP contribution in [0.1, 0.15) is 28.4 Å². The molecular weight excluding hydrogens is 156 g/mol. The Kier molecular flexibility index (Phi) is 1.43. The van der Waals surface area contributed by atoms with Crippen molar-refractivity contribution in [3.63, 3.8) is 0 Å². The Morgan fingerprint density at radius 3 is 3.08 bits per heavy atom. The second-order valence-corrected chi connectivity index (χ2v) is 3.02. The summed E-state index contributed by atoms with van der Waals surface area (Å²) in [6, 6.07) is 0. The first-order chi connectivity index (χ1) is 5.70. The zero-order valence-corrected chi connectivity index (χ0v) is 6.87.